The predicted octanol–water partition coefficient (Wildman–Crippen LogP) is 0.944. The number of urea groups is 1. The summed E-state index contributed by atoms with van der Waals surface area (Å²) in [5.41, 5.74) is 0. The Hall–Kier alpha value is -0.820. The summed E-state index contributed by atoms with van der Waals surface area (Å²) in [6.07, 6.45) is 2.30. The first-order chi connectivity index (χ1) is 8.04. The summed E-state index contributed by atoms with van der Waals surface area (Å²) in [7, 11) is 1.47. The van der Waals surface area contributed by atoms with E-state index in [0.29, 0.717) is 0 Å². The number of carbonyl (C=O) groups excluding carboxylic acids is 2. The predicted molar refractivity (Wildman–Crippen MR) is 73.1 cm³/mol. The summed E-state index contributed by atoms with van der Waals surface area (Å²) in [6.45, 7) is 3.68. The number of imide groups is 1. The number of hydrogen-bond acceptors (Lipinski definition) is 4. The molecule has 0 unspecified atom stereocenters. The normalized spacial score (nSPS) is 16.5. The second-order valence-electron chi connectivity index (χ2n) is 3.79. The van der Waals surface area contributed by atoms with Gasteiger partial charge in [-0.05, 0) is 19.8 Å². The summed E-state index contributed by atoms with van der Waals surface area (Å²) < 4.78 is 0.738. The van der Waals surface area contributed by atoms with Crippen LogP contribution in [0.25, 0.3) is 0 Å². The molecule has 0 aromatic carbocycles. The molecular formula is C10H17N3O2S2. The van der Waals surface area contributed by atoms with E-state index in [1.165, 1.54) is 18.8 Å². The van der Waals surface area contributed by atoms with Gasteiger partial charge in [-0.25, -0.2) is 4.79 Å². The zero-order valence-corrected chi connectivity index (χ0v) is 11.6. The number of carbonyl (C=O) groups is 2. The highest BCUT2D eigenvalue weighted by molar-refractivity contribution is 8.23. The number of nitrogens with zero attached hydrogens (tertiary/aromatic N) is 1. The van der Waals surface area contributed by atoms with Gasteiger partial charge in [0.1, 0.15) is 4.32 Å². The minimum absolute atomic E-state index is 0.323. The average Bonchev–Trinajstić information content (AvgIpc) is 2.82. The van der Waals surface area contributed by atoms with E-state index in [1.807, 2.05) is 0 Å². The van der Waals surface area contributed by atoms with E-state index < -0.39 is 6.03 Å². The molecule has 0 aromatic rings. The Bertz CT molecular complexity index is 317. The molecule has 3 amide bonds. The maximum absolute atomic E-state index is 11.6. The molecule has 0 aromatic heterocycles. The van der Waals surface area contributed by atoms with Crippen molar-refractivity contribution in [1.29, 1.82) is 0 Å². The fraction of sp³-hybridized carbons (Fsp3) is 0.700. The molecule has 1 rings (SSSR count). The lowest BCUT2D eigenvalue weighted by molar-refractivity contribution is -0.119. The van der Waals surface area contributed by atoms with Gasteiger partial charge in [-0.2, -0.15) is 0 Å². The Kier molecular flexibility index (Phi) is 5.70. The molecule has 1 aliphatic heterocycles. The summed E-state index contributed by atoms with van der Waals surface area (Å²) >= 11 is 6.58. The van der Waals surface area contributed by atoms with Gasteiger partial charge in [0.25, 0.3) is 0 Å². The van der Waals surface area contributed by atoms with Crippen molar-refractivity contribution < 1.29 is 9.59 Å². The molecule has 0 spiro atoms. The second kappa shape index (κ2) is 6.80. The van der Waals surface area contributed by atoms with Gasteiger partial charge >= 0.3 is 6.03 Å². The molecule has 2 N–H and O–H groups in total. The highest BCUT2D eigenvalue weighted by Gasteiger charge is 2.22. The number of likely N-dealkylation sites (tertiary alicyclic amines) is 1. The van der Waals surface area contributed by atoms with E-state index in [4.69, 9.17) is 12.2 Å². The lowest BCUT2D eigenvalue weighted by Gasteiger charge is -2.20. The van der Waals surface area contributed by atoms with Crippen LogP contribution in [0.15, 0.2) is 0 Å². The van der Waals surface area contributed by atoms with Gasteiger partial charge in [0.15, 0.2) is 0 Å². The molecule has 5 nitrogen and oxygen atoms in total. The number of rotatable bonds is 2. The smallest absolute Gasteiger partial charge is 0.321 e. The van der Waals surface area contributed by atoms with Crippen molar-refractivity contribution in [3.63, 3.8) is 0 Å². The van der Waals surface area contributed by atoms with E-state index in [0.717, 1.165) is 30.3 Å². The van der Waals surface area contributed by atoms with Crippen LogP contribution in [0.1, 0.15) is 19.8 Å². The van der Waals surface area contributed by atoms with Crippen LogP contribution in [0.2, 0.25) is 0 Å². The van der Waals surface area contributed by atoms with Crippen molar-refractivity contribution in [1.82, 2.24) is 15.5 Å². The molecule has 17 heavy (non-hydrogen) atoms. The maximum atomic E-state index is 11.6. The number of hydrogen-bond donors (Lipinski definition) is 2. The van der Waals surface area contributed by atoms with Gasteiger partial charge in [0, 0.05) is 20.1 Å². The summed E-state index contributed by atoms with van der Waals surface area (Å²) in [5, 5.41) is 4.21. The Morgan fingerprint density at radius 3 is 2.47 bits per heavy atom. The zero-order chi connectivity index (χ0) is 12.8. The average molecular weight is 275 g/mol. The number of amides is 3. The molecular weight excluding hydrogens is 258 g/mol. The fourth-order valence-corrected chi connectivity index (χ4v) is 2.87. The molecule has 1 saturated heterocycles. The third-order valence-electron chi connectivity index (χ3n) is 2.47. The molecule has 1 fully saturated rings. The van der Waals surface area contributed by atoms with Crippen molar-refractivity contribution in [3.8, 4) is 0 Å². The topological polar surface area (TPSA) is 61.4 Å². The highest BCUT2D eigenvalue weighted by Crippen LogP contribution is 2.20. The van der Waals surface area contributed by atoms with Crippen molar-refractivity contribution in [3.05, 3.63) is 0 Å². The first-order valence-electron chi connectivity index (χ1n) is 5.52. The van der Waals surface area contributed by atoms with Crippen molar-refractivity contribution in [2.75, 3.05) is 20.1 Å². The van der Waals surface area contributed by atoms with Crippen LogP contribution in [0.3, 0.4) is 0 Å². The molecule has 1 aliphatic rings. The summed E-state index contributed by atoms with van der Waals surface area (Å²) in [6, 6.07) is -0.491. The summed E-state index contributed by atoms with van der Waals surface area (Å²) in [5.74, 6) is -0.323. The van der Waals surface area contributed by atoms with Gasteiger partial charge in [0.2, 0.25) is 5.91 Å². The van der Waals surface area contributed by atoms with Crippen LogP contribution in [-0.4, -0.2) is 46.5 Å². The van der Waals surface area contributed by atoms with Crippen LogP contribution in [-0.2, 0) is 4.79 Å². The van der Waals surface area contributed by atoms with E-state index in [1.54, 1.807) is 6.92 Å². The van der Waals surface area contributed by atoms with Gasteiger partial charge in [0.05, 0.1) is 5.25 Å². The molecule has 1 heterocycles. The SMILES string of the molecule is CNC(=O)NC(=O)[C@@H](C)SC(=S)N1CCCC1. The molecule has 0 bridgehead atoms. The Morgan fingerprint density at radius 1 is 1.35 bits per heavy atom. The van der Waals surface area contributed by atoms with Gasteiger partial charge in [-0.15, -0.1) is 0 Å². The Morgan fingerprint density at radius 2 is 1.94 bits per heavy atom. The lowest BCUT2D eigenvalue weighted by Crippen LogP contribution is -2.42. The van der Waals surface area contributed by atoms with Crippen LogP contribution < -0.4 is 10.6 Å². The number of nitrogens with one attached hydrogen (secondary N) is 2. The third kappa shape index (κ3) is 4.51. The molecule has 0 aliphatic carbocycles. The third-order valence-corrected chi connectivity index (χ3v) is 4.05. The van der Waals surface area contributed by atoms with Crippen LogP contribution in [0, 0.1) is 0 Å². The Labute approximate surface area is 111 Å². The molecule has 96 valence electrons. The molecule has 0 saturated carbocycles. The van der Waals surface area contributed by atoms with Crippen molar-refractivity contribution in [2.24, 2.45) is 0 Å². The largest absolute Gasteiger partial charge is 0.358 e. The van der Waals surface area contributed by atoms with Gasteiger partial charge < -0.3 is 10.2 Å². The standard InChI is InChI=1S/C10H17N3O2S2/c1-7(8(14)12-9(15)11-2)17-10(16)13-5-3-4-6-13/h7H,3-6H2,1-2H3,(H2,11,12,14,15)/t7-/m1/s1. The fourth-order valence-electron chi connectivity index (χ4n) is 1.46. The van der Waals surface area contributed by atoms with Crippen LogP contribution in [0.5, 0.6) is 0 Å². The zero-order valence-electron chi connectivity index (χ0n) is 9.99. The monoisotopic (exact) mass is 275 g/mol. The minimum atomic E-state index is -0.491. The maximum Gasteiger partial charge on any atom is 0.321 e. The summed E-state index contributed by atoms with van der Waals surface area (Å²) in [4.78, 5) is 24.7. The van der Waals surface area contributed by atoms with E-state index in [2.05, 4.69) is 15.5 Å². The molecule has 0 radical (unpaired) electrons. The first kappa shape index (κ1) is 14.2. The Balaban J connectivity index is 2.36. The highest BCUT2D eigenvalue weighted by atomic mass is 32.2. The number of thioether (sulfide) groups is 1. The van der Waals surface area contributed by atoms with E-state index in [-0.39, 0.29) is 11.2 Å². The second-order valence-corrected chi connectivity index (χ2v) is 5.76. The quantitative estimate of drug-likeness (QED) is 0.735. The minimum Gasteiger partial charge on any atom is -0.358 e. The molecule has 7 heteroatoms. The van der Waals surface area contributed by atoms with Gasteiger partial charge in [-0.1, -0.05) is 24.0 Å². The van der Waals surface area contributed by atoms with Crippen molar-refractivity contribution in [2.45, 2.75) is 25.0 Å². The van der Waals surface area contributed by atoms with E-state index >= 15 is 0 Å². The molecule has 1 atom stereocenters. The van der Waals surface area contributed by atoms with E-state index in [9.17, 15) is 9.59 Å². The lowest BCUT2D eigenvalue weighted by atomic mass is 10.4. The van der Waals surface area contributed by atoms with Crippen LogP contribution >= 0.6 is 24.0 Å². The first-order valence-corrected chi connectivity index (χ1v) is 6.81. The van der Waals surface area contributed by atoms with Crippen molar-refractivity contribution >= 4 is 40.2 Å². The number of thiocarbonyl (C=S) groups is 1. The van der Waals surface area contributed by atoms with Gasteiger partial charge in [-0.3, -0.25) is 10.1 Å². The van der Waals surface area contributed by atoms with Crippen LogP contribution in [0.4, 0.5) is 4.79 Å².